The highest BCUT2D eigenvalue weighted by Gasteiger charge is 2.61. The molecule has 0 spiro atoms. The average Bonchev–Trinajstić information content (AvgIpc) is 3.57. The molecule has 1 aromatic heterocycles. The topological polar surface area (TPSA) is 158 Å². The molecule has 1 unspecified atom stereocenters. The van der Waals surface area contributed by atoms with Crippen molar-refractivity contribution in [1.82, 2.24) is 14.6 Å². The van der Waals surface area contributed by atoms with Gasteiger partial charge in [0.15, 0.2) is 0 Å². The van der Waals surface area contributed by atoms with Gasteiger partial charge in [0, 0.05) is 6.42 Å². The Labute approximate surface area is 230 Å². The van der Waals surface area contributed by atoms with Gasteiger partial charge in [0.1, 0.15) is 29.7 Å². The smallest absolute Gasteiger partial charge is 0.460 e. The van der Waals surface area contributed by atoms with Gasteiger partial charge in [-0.2, -0.15) is 9.48 Å². The minimum Gasteiger partial charge on any atom is -0.464 e. The summed E-state index contributed by atoms with van der Waals surface area (Å²) in [7, 11) is -4.28. The largest absolute Gasteiger partial charge is 0.464 e. The maximum Gasteiger partial charge on any atom is 0.460 e. The van der Waals surface area contributed by atoms with Crippen molar-refractivity contribution in [2.75, 3.05) is 6.61 Å². The lowest BCUT2D eigenvalue weighted by Crippen LogP contribution is -2.42. The third kappa shape index (κ3) is 6.90. The van der Waals surface area contributed by atoms with E-state index in [4.69, 9.17) is 18.5 Å². The molecule has 0 radical (unpaired) electrons. The van der Waals surface area contributed by atoms with Gasteiger partial charge in [-0.05, 0) is 37.8 Å². The fourth-order valence-electron chi connectivity index (χ4n) is 4.60. The number of esters is 1. The molecular weight excluding hydrogens is 548 g/mol. The van der Waals surface area contributed by atoms with Crippen LogP contribution < -0.4 is 20.9 Å². The number of ether oxygens (including phenoxy) is 2. The number of aliphatic hydroxyl groups is 1. The van der Waals surface area contributed by atoms with Crippen LogP contribution in [0, 0.1) is 11.7 Å². The first kappa shape index (κ1) is 30.1. The Morgan fingerprint density at radius 1 is 1.27 bits per heavy atom. The summed E-state index contributed by atoms with van der Waals surface area (Å²) in [5, 5.41) is 13.5. The van der Waals surface area contributed by atoms with Crippen molar-refractivity contribution in [2.45, 2.75) is 83.0 Å². The fourth-order valence-corrected chi connectivity index (χ4v) is 6.48. The SMILES string of the molecule is CCC(CC)COC(=O)[C@H](C)N[P@@](=O)(Oc1ccccc1)OC1([C@H]2O[C@@H](n3cc(F)c(=O)[nH]c3=O)CC2O)CC1. The van der Waals surface area contributed by atoms with Crippen LogP contribution in [0.25, 0.3) is 0 Å². The highest BCUT2D eigenvalue weighted by Crippen LogP contribution is 2.59. The number of rotatable bonds is 13. The summed E-state index contributed by atoms with van der Waals surface area (Å²) in [5.41, 5.74) is -3.36. The number of hydrogen-bond acceptors (Lipinski definition) is 9. The third-order valence-electron chi connectivity index (χ3n) is 7.18. The number of aromatic nitrogens is 2. The van der Waals surface area contributed by atoms with Gasteiger partial charge in [-0.25, -0.2) is 9.36 Å². The molecular formula is C26H35FN3O9P. The Kier molecular flexibility index (Phi) is 9.31. The van der Waals surface area contributed by atoms with Gasteiger partial charge in [-0.15, -0.1) is 0 Å². The lowest BCUT2D eigenvalue weighted by Gasteiger charge is -2.31. The highest BCUT2D eigenvalue weighted by atomic mass is 31.2. The standard InChI is InChI=1S/C26H35FN3O9P/c1-4-17(5-2)15-36-24(33)16(3)29-40(35,38-18-9-7-6-8-10-18)39-26(11-12-26)22-20(31)13-21(37-22)30-14-19(27)23(32)28-25(30)34/h6-10,14,16-17,20-22,31H,4-5,11-13,15H2,1-3H3,(H,29,35)(H,28,32,34)/t16-,20?,21+,22-,40+/m0/s1. The summed E-state index contributed by atoms with van der Waals surface area (Å²) >= 11 is 0. The van der Waals surface area contributed by atoms with E-state index in [0.29, 0.717) is 19.0 Å². The van der Waals surface area contributed by atoms with E-state index in [9.17, 15) is 28.4 Å². The molecule has 2 aromatic rings. The second-order valence-electron chi connectivity index (χ2n) is 10.2. The van der Waals surface area contributed by atoms with Crippen molar-refractivity contribution >= 4 is 13.7 Å². The molecule has 1 aliphatic carbocycles. The van der Waals surface area contributed by atoms with Gasteiger partial charge in [-0.3, -0.25) is 23.7 Å². The van der Waals surface area contributed by atoms with Crippen LogP contribution in [-0.4, -0.2) is 51.1 Å². The lowest BCUT2D eigenvalue weighted by molar-refractivity contribution is -0.146. The summed E-state index contributed by atoms with van der Waals surface area (Å²) in [6.07, 6.45) is -0.418. The zero-order valence-electron chi connectivity index (χ0n) is 22.6. The maximum atomic E-state index is 14.1. The van der Waals surface area contributed by atoms with Gasteiger partial charge in [0.2, 0.25) is 5.82 Å². The second-order valence-corrected chi connectivity index (χ2v) is 11.8. The van der Waals surface area contributed by atoms with Crippen LogP contribution in [-0.2, 0) is 23.4 Å². The van der Waals surface area contributed by atoms with Crippen molar-refractivity contribution in [1.29, 1.82) is 0 Å². The number of halogens is 1. The van der Waals surface area contributed by atoms with Gasteiger partial charge in [0.05, 0.1) is 18.9 Å². The number of para-hydroxylation sites is 1. The van der Waals surface area contributed by atoms with Gasteiger partial charge in [0.25, 0.3) is 5.56 Å². The number of carbonyl (C=O) groups excluding carboxylic acids is 1. The van der Waals surface area contributed by atoms with Crippen LogP contribution >= 0.6 is 7.75 Å². The summed E-state index contributed by atoms with van der Waals surface area (Å²) in [5.74, 6) is -1.40. The molecule has 5 atom stereocenters. The molecule has 2 fully saturated rings. The maximum absolute atomic E-state index is 14.1. The molecule has 4 rings (SSSR count). The molecule has 14 heteroatoms. The van der Waals surface area contributed by atoms with E-state index in [1.807, 2.05) is 18.8 Å². The zero-order chi connectivity index (χ0) is 29.1. The molecule has 1 aliphatic heterocycles. The first-order valence-electron chi connectivity index (χ1n) is 13.3. The van der Waals surface area contributed by atoms with Crippen LogP contribution in [0.5, 0.6) is 5.75 Å². The van der Waals surface area contributed by atoms with Crippen molar-refractivity contribution < 1.29 is 37.4 Å². The molecule has 1 aromatic carbocycles. The zero-order valence-corrected chi connectivity index (χ0v) is 23.5. The van der Waals surface area contributed by atoms with Crippen LogP contribution in [0.3, 0.4) is 0 Å². The molecule has 0 amide bonds. The Balaban J connectivity index is 1.53. The van der Waals surface area contributed by atoms with E-state index in [-0.39, 0.29) is 24.7 Å². The molecule has 1 saturated carbocycles. The first-order valence-corrected chi connectivity index (χ1v) is 14.9. The molecule has 2 aliphatic rings. The number of carbonyl (C=O) groups is 1. The highest BCUT2D eigenvalue weighted by molar-refractivity contribution is 7.52. The fraction of sp³-hybridized carbons (Fsp3) is 0.577. The van der Waals surface area contributed by atoms with Crippen LogP contribution in [0.4, 0.5) is 4.39 Å². The quantitative estimate of drug-likeness (QED) is 0.236. The van der Waals surface area contributed by atoms with E-state index in [2.05, 4.69) is 5.09 Å². The second kappa shape index (κ2) is 12.4. The minimum absolute atomic E-state index is 0.114. The Morgan fingerprint density at radius 2 is 1.95 bits per heavy atom. The van der Waals surface area contributed by atoms with Crippen LogP contribution in [0.15, 0.2) is 46.1 Å². The predicted octanol–water partition coefficient (Wildman–Crippen LogP) is 3.02. The molecule has 3 N–H and O–H groups in total. The Morgan fingerprint density at radius 3 is 2.58 bits per heavy atom. The molecule has 0 bridgehead atoms. The molecule has 1 saturated heterocycles. The summed E-state index contributed by atoms with van der Waals surface area (Å²) < 4.78 is 51.9. The van der Waals surface area contributed by atoms with Gasteiger partial charge in [-0.1, -0.05) is 44.9 Å². The van der Waals surface area contributed by atoms with Crippen LogP contribution in [0.2, 0.25) is 0 Å². The number of benzene rings is 1. The van der Waals surface area contributed by atoms with E-state index in [1.165, 1.54) is 6.92 Å². The monoisotopic (exact) mass is 583 g/mol. The predicted molar refractivity (Wildman–Crippen MR) is 141 cm³/mol. The molecule has 220 valence electrons. The average molecular weight is 584 g/mol. The van der Waals surface area contributed by atoms with Crippen molar-refractivity contribution in [3.05, 3.63) is 63.2 Å². The van der Waals surface area contributed by atoms with Crippen LogP contribution in [0.1, 0.15) is 59.1 Å². The normalized spacial score (nSPS) is 23.9. The summed E-state index contributed by atoms with van der Waals surface area (Å²) in [6, 6.07) is 7.18. The van der Waals surface area contributed by atoms with Gasteiger partial charge < -0.3 is 19.1 Å². The number of nitrogens with one attached hydrogen (secondary N) is 2. The first-order chi connectivity index (χ1) is 19.0. The molecule has 40 heavy (non-hydrogen) atoms. The number of aliphatic hydroxyl groups excluding tert-OH is 1. The number of nitrogens with zero attached hydrogens (tertiary/aromatic N) is 1. The van der Waals surface area contributed by atoms with E-state index < -0.39 is 60.9 Å². The van der Waals surface area contributed by atoms with E-state index >= 15 is 0 Å². The summed E-state index contributed by atoms with van der Waals surface area (Å²) in [6.45, 7) is 5.71. The number of aromatic amines is 1. The Hall–Kier alpha value is -2.83. The lowest BCUT2D eigenvalue weighted by atomic mass is 10.1. The van der Waals surface area contributed by atoms with Crippen molar-refractivity contribution in [2.24, 2.45) is 5.92 Å². The molecule has 12 nitrogen and oxygen atoms in total. The Bertz CT molecular complexity index is 1340. The molecule has 2 heterocycles. The number of hydrogen-bond donors (Lipinski definition) is 3. The van der Waals surface area contributed by atoms with Crippen molar-refractivity contribution in [3.8, 4) is 5.75 Å². The summed E-state index contributed by atoms with van der Waals surface area (Å²) in [4.78, 5) is 38.2. The van der Waals surface area contributed by atoms with Crippen molar-refractivity contribution in [3.63, 3.8) is 0 Å². The van der Waals surface area contributed by atoms with Gasteiger partial charge >= 0.3 is 19.4 Å². The van der Waals surface area contributed by atoms with E-state index in [1.54, 1.807) is 30.3 Å². The van der Waals surface area contributed by atoms with E-state index in [0.717, 1.165) is 17.4 Å². The minimum atomic E-state index is -4.28. The third-order valence-corrected chi connectivity index (χ3v) is 8.94. The number of H-pyrrole nitrogens is 1.